The molecule has 0 aliphatic carbocycles. The molecule has 33 heavy (non-hydrogen) atoms. The van der Waals surface area contributed by atoms with Crippen molar-refractivity contribution in [2.24, 2.45) is 5.73 Å². The van der Waals surface area contributed by atoms with Gasteiger partial charge in [0.1, 0.15) is 5.82 Å². The maximum absolute atomic E-state index is 11.0. The first kappa shape index (κ1) is 24.4. The number of anilines is 1. The zero-order chi connectivity index (χ0) is 23.5. The van der Waals surface area contributed by atoms with Gasteiger partial charge in [-0.2, -0.15) is 5.10 Å². The van der Waals surface area contributed by atoms with E-state index in [4.69, 9.17) is 15.2 Å². The van der Waals surface area contributed by atoms with Gasteiger partial charge in [-0.3, -0.25) is 5.32 Å². The number of methoxy groups -OCH3 is 2. The van der Waals surface area contributed by atoms with Gasteiger partial charge in [-0.1, -0.05) is 48.5 Å². The lowest BCUT2D eigenvalue weighted by molar-refractivity contribution is 0.160. The van der Waals surface area contributed by atoms with Crippen molar-refractivity contribution in [3.05, 3.63) is 78.0 Å². The van der Waals surface area contributed by atoms with Gasteiger partial charge >= 0.3 is 6.03 Å². The van der Waals surface area contributed by atoms with Crippen LogP contribution in [0.1, 0.15) is 23.6 Å². The molecule has 2 aromatic carbocycles. The maximum atomic E-state index is 11.0. The zero-order valence-electron chi connectivity index (χ0n) is 19.3. The first-order valence-corrected chi connectivity index (χ1v) is 11.1. The maximum Gasteiger partial charge on any atom is 0.317 e. The van der Waals surface area contributed by atoms with E-state index in [-0.39, 0.29) is 0 Å². The van der Waals surface area contributed by atoms with Crippen LogP contribution in [0.2, 0.25) is 0 Å². The number of urea groups is 1. The zero-order valence-corrected chi connectivity index (χ0v) is 19.3. The van der Waals surface area contributed by atoms with Gasteiger partial charge in [0.2, 0.25) is 0 Å². The van der Waals surface area contributed by atoms with Gasteiger partial charge in [-0.25, -0.2) is 9.48 Å². The topological polar surface area (TPSA) is 94.6 Å². The number of ether oxygens (including phenoxy) is 2. The van der Waals surface area contributed by atoms with E-state index in [1.807, 2.05) is 30.3 Å². The summed E-state index contributed by atoms with van der Waals surface area (Å²) < 4.78 is 11.7. The van der Waals surface area contributed by atoms with Crippen LogP contribution in [-0.4, -0.2) is 61.2 Å². The molecule has 0 radical (unpaired) electrons. The van der Waals surface area contributed by atoms with Gasteiger partial charge in [0.15, 0.2) is 0 Å². The number of hydrogen-bond acceptors (Lipinski definition) is 5. The summed E-state index contributed by atoms with van der Waals surface area (Å²) in [7, 11) is 3.35. The number of nitrogens with zero attached hydrogens (tertiary/aromatic N) is 3. The monoisotopic (exact) mass is 451 g/mol. The van der Waals surface area contributed by atoms with Gasteiger partial charge in [0.25, 0.3) is 0 Å². The molecule has 8 heteroatoms. The first-order chi connectivity index (χ1) is 16.1. The molecule has 1 atom stereocenters. The number of nitrogens with two attached hydrogens (primary N) is 1. The second-order valence-electron chi connectivity index (χ2n) is 7.88. The number of likely N-dealkylation sites (tertiary alicyclic amines) is 1. The molecule has 4 rings (SSSR count). The van der Waals surface area contributed by atoms with E-state index < -0.39 is 6.03 Å². The normalized spacial score (nSPS) is 15.6. The third-order valence-electron chi connectivity index (χ3n) is 5.46. The second kappa shape index (κ2) is 12.7. The van der Waals surface area contributed by atoms with E-state index in [0.29, 0.717) is 18.1 Å². The van der Waals surface area contributed by atoms with Crippen LogP contribution in [0.15, 0.2) is 66.7 Å². The Hall–Kier alpha value is -3.20. The molecule has 3 N–H and O–H groups in total. The Balaban J connectivity index is 0.000000189. The first-order valence-electron chi connectivity index (χ1n) is 11.1. The molecular formula is C25H33N5O3. The minimum absolute atomic E-state index is 0.368. The fourth-order valence-corrected chi connectivity index (χ4v) is 3.88. The van der Waals surface area contributed by atoms with Crippen molar-refractivity contribution in [2.45, 2.75) is 18.9 Å². The molecule has 2 heterocycles. The summed E-state index contributed by atoms with van der Waals surface area (Å²) in [6.45, 7) is 4.69. The van der Waals surface area contributed by atoms with Crippen LogP contribution in [0, 0.1) is 0 Å². The fraction of sp³-hybridized carbons (Fsp3) is 0.360. The van der Waals surface area contributed by atoms with E-state index >= 15 is 0 Å². The lowest BCUT2D eigenvalue weighted by Gasteiger charge is -2.15. The number of primary amides is 1. The summed E-state index contributed by atoms with van der Waals surface area (Å²) >= 11 is 0. The predicted octanol–water partition coefficient (Wildman–Crippen LogP) is 3.63. The summed E-state index contributed by atoms with van der Waals surface area (Å²) in [5, 5.41) is 6.88. The highest BCUT2D eigenvalue weighted by atomic mass is 16.5. The molecular weight excluding hydrogens is 418 g/mol. The Labute approximate surface area is 195 Å². The average molecular weight is 452 g/mol. The van der Waals surface area contributed by atoms with Crippen molar-refractivity contribution < 1.29 is 14.3 Å². The van der Waals surface area contributed by atoms with Crippen molar-refractivity contribution in [3.8, 4) is 5.69 Å². The molecule has 1 aromatic heterocycles. The summed E-state index contributed by atoms with van der Waals surface area (Å²) in [6.07, 6.45) is 1.29. The Morgan fingerprint density at radius 3 is 2.42 bits per heavy atom. The Morgan fingerprint density at radius 1 is 1.09 bits per heavy atom. The van der Waals surface area contributed by atoms with Gasteiger partial charge in [-0.15, -0.1) is 0 Å². The number of nitrogens with one attached hydrogen (secondary N) is 1. The fourth-order valence-electron chi connectivity index (χ4n) is 3.88. The number of carbonyl (C=O) groups excluding carboxylic acids is 1. The Morgan fingerprint density at radius 2 is 1.79 bits per heavy atom. The number of carbonyl (C=O) groups is 1. The third kappa shape index (κ3) is 7.42. The van der Waals surface area contributed by atoms with Gasteiger partial charge in [0.05, 0.1) is 24.6 Å². The summed E-state index contributed by atoms with van der Waals surface area (Å²) in [4.78, 5) is 13.4. The highest BCUT2D eigenvalue weighted by Gasteiger charge is 2.22. The minimum Gasteiger partial charge on any atom is -0.383 e. The molecule has 1 unspecified atom stereocenters. The molecule has 1 aliphatic rings. The van der Waals surface area contributed by atoms with E-state index in [0.717, 1.165) is 24.8 Å². The molecule has 1 aliphatic heterocycles. The summed E-state index contributed by atoms with van der Waals surface area (Å²) in [6, 6.07) is 21.4. The average Bonchev–Trinajstić information content (AvgIpc) is 3.46. The number of aromatic nitrogens is 2. The molecule has 3 aromatic rings. The molecule has 2 amide bonds. The second-order valence-corrected chi connectivity index (χ2v) is 7.88. The van der Waals surface area contributed by atoms with Crippen molar-refractivity contribution in [1.82, 2.24) is 14.7 Å². The van der Waals surface area contributed by atoms with Crippen LogP contribution in [0.3, 0.4) is 0 Å². The largest absolute Gasteiger partial charge is 0.383 e. The third-order valence-corrected chi connectivity index (χ3v) is 5.46. The van der Waals surface area contributed by atoms with Crippen molar-refractivity contribution in [3.63, 3.8) is 0 Å². The molecule has 8 nitrogen and oxygen atoms in total. The van der Waals surface area contributed by atoms with Crippen LogP contribution >= 0.6 is 0 Å². The standard InChI is InChI=1S/C13H19NO.C12H14N4O2/c1-15-10-9-14-8-7-13(11-14)12-5-3-2-4-6-12;1-18-8-9-7-11(14-12(13)17)16(15-9)10-5-3-2-4-6-10/h2-6,13H,7-11H2,1H3;2-7H,8H2,1H3,(H3,13,14,17). The predicted molar refractivity (Wildman–Crippen MR) is 130 cm³/mol. The number of benzene rings is 2. The summed E-state index contributed by atoms with van der Waals surface area (Å²) in [5.41, 5.74) is 8.17. The lowest BCUT2D eigenvalue weighted by Crippen LogP contribution is -2.24. The molecule has 1 saturated heterocycles. The number of hydrogen-bond donors (Lipinski definition) is 2. The number of para-hydroxylation sites is 1. The van der Waals surface area contributed by atoms with Gasteiger partial charge in [0, 0.05) is 33.4 Å². The van der Waals surface area contributed by atoms with Crippen LogP contribution < -0.4 is 11.1 Å². The van der Waals surface area contributed by atoms with Crippen LogP contribution in [0.4, 0.5) is 10.6 Å². The number of amides is 2. The van der Waals surface area contributed by atoms with Crippen molar-refractivity contribution in [1.29, 1.82) is 0 Å². The van der Waals surface area contributed by atoms with E-state index in [1.165, 1.54) is 25.1 Å². The summed E-state index contributed by atoms with van der Waals surface area (Å²) in [5.74, 6) is 1.24. The van der Waals surface area contributed by atoms with Crippen molar-refractivity contribution in [2.75, 3.05) is 45.8 Å². The quantitative estimate of drug-likeness (QED) is 0.545. The van der Waals surface area contributed by atoms with Gasteiger partial charge in [-0.05, 0) is 36.6 Å². The molecule has 0 bridgehead atoms. The molecule has 176 valence electrons. The lowest BCUT2D eigenvalue weighted by atomic mass is 9.99. The SMILES string of the molecule is COCCN1CCC(c2ccccc2)C1.COCc1cc(NC(N)=O)n(-c2ccccc2)n1. The molecule has 0 saturated carbocycles. The molecule has 1 fully saturated rings. The Kier molecular flexibility index (Phi) is 9.44. The highest BCUT2D eigenvalue weighted by Crippen LogP contribution is 2.26. The minimum atomic E-state index is -0.629. The van der Waals surface area contributed by atoms with E-state index in [9.17, 15) is 4.79 Å². The van der Waals surface area contributed by atoms with Crippen LogP contribution in [0.25, 0.3) is 5.69 Å². The number of rotatable bonds is 8. The van der Waals surface area contributed by atoms with Crippen LogP contribution in [0.5, 0.6) is 0 Å². The van der Waals surface area contributed by atoms with E-state index in [2.05, 4.69) is 45.6 Å². The Bertz CT molecular complexity index is 978. The van der Waals surface area contributed by atoms with Gasteiger partial charge < -0.3 is 20.1 Å². The smallest absolute Gasteiger partial charge is 0.317 e. The van der Waals surface area contributed by atoms with E-state index in [1.54, 1.807) is 25.0 Å². The van der Waals surface area contributed by atoms with Crippen LogP contribution in [-0.2, 0) is 16.1 Å². The molecule has 0 spiro atoms. The van der Waals surface area contributed by atoms with Crippen molar-refractivity contribution >= 4 is 11.8 Å². The highest BCUT2D eigenvalue weighted by molar-refractivity contribution is 5.87.